The molecule has 0 aromatic carbocycles. The van der Waals surface area contributed by atoms with E-state index in [9.17, 15) is 0 Å². The molecule has 0 amide bonds. The maximum atomic E-state index is 5.89. The van der Waals surface area contributed by atoms with Crippen LogP contribution in [0.5, 0.6) is 5.75 Å². The van der Waals surface area contributed by atoms with Crippen molar-refractivity contribution < 1.29 is 9.26 Å². The van der Waals surface area contributed by atoms with Crippen LogP contribution in [-0.4, -0.2) is 34.8 Å². The summed E-state index contributed by atoms with van der Waals surface area (Å²) in [7, 11) is 0. The van der Waals surface area contributed by atoms with Gasteiger partial charge in [0, 0.05) is 19.0 Å². The Kier molecular flexibility index (Phi) is 6.73. The maximum absolute atomic E-state index is 5.89. The summed E-state index contributed by atoms with van der Waals surface area (Å²) in [5, 5.41) is 4.07. The van der Waals surface area contributed by atoms with Gasteiger partial charge < -0.3 is 14.2 Å². The van der Waals surface area contributed by atoms with Crippen LogP contribution in [0.2, 0.25) is 0 Å². The average Bonchev–Trinajstić information content (AvgIpc) is 3.15. The molecule has 1 fully saturated rings. The van der Waals surface area contributed by atoms with Crippen molar-refractivity contribution in [3.05, 3.63) is 28.3 Å². The number of piperidine rings is 1. The molecule has 2 aromatic rings. The van der Waals surface area contributed by atoms with Crippen molar-refractivity contribution in [2.45, 2.75) is 52.9 Å². The van der Waals surface area contributed by atoms with Gasteiger partial charge >= 0.3 is 6.01 Å². The molecular weight excluding hydrogens is 408 g/mol. The van der Waals surface area contributed by atoms with E-state index in [1.807, 2.05) is 13.0 Å². The van der Waals surface area contributed by atoms with Gasteiger partial charge in [0.25, 0.3) is 0 Å². The third kappa shape index (κ3) is 5.21. The van der Waals surface area contributed by atoms with E-state index in [0.717, 1.165) is 60.7 Å². The van der Waals surface area contributed by atoms with Gasteiger partial charge in [-0.25, -0.2) is 4.98 Å². The fraction of sp³-hybridized carbons (Fsp3) is 0.650. The first-order valence-electron chi connectivity index (χ1n) is 9.77. The first-order chi connectivity index (χ1) is 12.9. The molecule has 1 aliphatic heterocycles. The lowest BCUT2D eigenvalue weighted by atomic mass is 9.84. The van der Waals surface area contributed by atoms with Gasteiger partial charge in [-0.05, 0) is 65.6 Å². The summed E-state index contributed by atoms with van der Waals surface area (Å²) >= 11 is 3.42. The number of ether oxygens (including phenoxy) is 1. The van der Waals surface area contributed by atoms with E-state index in [1.165, 1.54) is 0 Å². The molecule has 27 heavy (non-hydrogen) atoms. The molecule has 1 unspecified atom stereocenters. The first kappa shape index (κ1) is 20.1. The third-order valence-corrected chi connectivity index (χ3v) is 6.22. The highest BCUT2D eigenvalue weighted by molar-refractivity contribution is 9.10. The van der Waals surface area contributed by atoms with Gasteiger partial charge in [-0.2, -0.15) is 4.98 Å². The van der Waals surface area contributed by atoms with Crippen molar-refractivity contribution in [2.24, 2.45) is 11.8 Å². The van der Waals surface area contributed by atoms with Crippen molar-refractivity contribution in [3.8, 4) is 5.75 Å². The standard InChI is InChI=1S/C20H29BrN4O2/c1-13(2)19-23-20(27-24-19)25-8-5-16(6-9-25)14(3)7-10-26-17-11-15(4)18(21)22-12-17/h11-14,16H,5-10H2,1-4H3. The number of hydrogen-bond acceptors (Lipinski definition) is 6. The van der Waals surface area contributed by atoms with Gasteiger partial charge in [0.15, 0.2) is 5.82 Å². The van der Waals surface area contributed by atoms with Gasteiger partial charge in [0.2, 0.25) is 0 Å². The molecule has 2 aromatic heterocycles. The second-order valence-electron chi connectivity index (χ2n) is 7.81. The predicted molar refractivity (Wildman–Crippen MR) is 109 cm³/mol. The SMILES string of the molecule is Cc1cc(OCCC(C)C2CCN(c3nc(C(C)C)no3)CC2)cnc1Br. The van der Waals surface area contributed by atoms with Gasteiger partial charge in [-0.15, -0.1) is 0 Å². The fourth-order valence-corrected chi connectivity index (χ4v) is 3.68. The Bertz CT molecular complexity index is 741. The summed E-state index contributed by atoms with van der Waals surface area (Å²) in [4.78, 5) is 11.0. The fourth-order valence-electron chi connectivity index (χ4n) is 3.46. The molecule has 3 rings (SSSR count). The lowest BCUT2D eigenvalue weighted by Crippen LogP contribution is -2.36. The number of rotatable bonds is 7. The Hall–Kier alpha value is -1.63. The molecule has 0 aliphatic carbocycles. The molecule has 6 nitrogen and oxygen atoms in total. The van der Waals surface area contributed by atoms with Crippen LogP contribution in [0.15, 0.2) is 21.4 Å². The van der Waals surface area contributed by atoms with Gasteiger partial charge in [0.05, 0.1) is 12.8 Å². The van der Waals surface area contributed by atoms with Crippen molar-refractivity contribution in [1.82, 2.24) is 15.1 Å². The van der Waals surface area contributed by atoms with Crippen molar-refractivity contribution >= 4 is 21.9 Å². The Morgan fingerprint density at radius 3 is 2.67 bits per heavy atom. The minimum atomic E-state index is 0.296. The largest absolute Gasteiger partial charge is 0.492 e. The highest BCUT2D eigenvalue weighted by atomic mass is 79.9. The zero-order valence-corrected chi connectivity index (χ0v) is 18.2. The second-order valence-corrected chi connectivity index (χ2v) is 8.56. The molecular formula is C20H29BrN4O2. The van der Waals surface area contributed by atoms with Crippen LogP contribution in [0.25, 0.3) is 0 Å². The van der Waals surface area contributed by atoms with Gasteiger partial charge in [-0.3, -0.25) is 0 Å². The van der Waals surface area contributed by atoms with Gasteiger partial charge in [-0.1, -0.05) is 25.9 Å². The molecule has 148 valence electrons. The summed E-state index contributed by atoms with van der Waals surface area (Å²) in [5.74, 6) is 3.27. The van der Waals surface area contributed by atoms with Crippen LogP contribution in [-0.2, 0) is 0 Å². The third-order valence-electron chi connectivity index (χ3n) is 5.39. The van der Waals surface area contributed by atoms with Crippen molar-refractivity contribution in [3.63, 3.8) is 0 Å². The van der Waals surface area contributed by atoms with Crippen LogP contribution in [0.4, 0.5) is 6.01 Å². The number of halogens is 1. The summed E-state index contributed by atoms with van der Waals surface area (Å²) in [6.45, 7) is 11.2. The summed E-state index contributed by atoms with van der Waals surface area (Å²) in [6.07, 6.45) is 5.13. The number of anilines is 1. The summed E-state index contributed by atoms with van der Waals surface area (Å²) in [5.41, 5.74) is 1.09. The maximum Gasteiger partial charge on any atom is 0.324 e. The highest BCUT2D eigenvalue weighted by Gasteiger charge is 2.26. The van der Waals surface area contributed by atoms with E-state index in [-0.39, 0.29) is 0 Å². The quantitative estimate of drug-likeness (QED) is 0.570. The summed E-state index contributed by atoms with van der Waals surface area (Å²) in [6, 6.07) is 2.70. The Morgan fingerprint density at radius 1 is 1.30 bits per heavy atom. The Morgan fingerprint density at radius 2 is 2.04 bits per heavy atom. The molecule has 1 atom stereocenters. The molecule has 0 saturated carbocycles. The number of nitrogens with zero attached hydrogens (tertiary/aromatic N) is 4. The summed E-state index contributed by atoms with van der Waals surface area (Å²) < 4.78 is 12.2. The van der Waals surface area contributed by atoms with Crippen LogP contribution < -0.4 is 9.64 Å². The lowest BCUT2D eigenvalue weighted by molar-refractivity contribution is 0.220. The van der Waals surface area contributed by atoms with Crippen LogP contribution in [0.1, 0.15) is 57.3 Å². The predicted octanol–water partition coefficient (Wildman–Crippen LogP) is 4.98. The second kappa shape index (κ2) is 9.04. The normalized spacial score (nSPS) is 16.7. The number of aromatic nitrogens is 3. The molecule has 0 bridgehead atoms. The molecule has 7 heteroatoms. The van der Waals surface area contributed by atoms with E-state index < -0.39 is 0 Å². The molecule has 3 heterocycles. The monoisotopic (exact) mass is 436 g/mol. The smallest absolute Gasteiger partial charge is 0.324 e. The topological polar surface area (TPSA) is 64.3 Å². The highest BCUT2D eigenvalue weighted by Crippen LogP contribution is 2.30. The van der Waals surface area contributed by atoms with E-state index in [2.05, 4.69) is 56.7 Å². The lowest BCUT2D eigenvalue weighted by Gasteiger charge is -2.33. The minimum absolute atomic E-state index is 0.296. The van der Waals surface area contributed by atoms with E-state index in [4.69, 9.17) is 9.26 Å². The zero-order valence-electron chi connectivity index (χ0n) is 16.6. The molecule has 0 radical (unpaired) electrons. The average molecular weight is 437 g/mol. The van der Waals surface area contributed by atoms with Crippen LogP contribution >= 0.6 is 15.9 Å². The molecule has 0 N–H and O–H groups in total. The number of aryl methyl sites for hydroxylation is 1. The Balaban J connectivity index is 1.42. The zero-order chi connectivity index (χ0) is 19.4. The van der Waals surface area contributed by atoms with Crippen molar-refractivity contribution in [1.29, 1.82) is 0 Å². The van der Waals surface area contributed by atoms with E-state index in [1.54, 1.807) is 6.20 Å². The molecule has 1 aliphatic rings. The number of hydrogen-bond donors (Lipinski definition) is 0. The Labute approximate surface area is 169 Å². The number of pyridine rings is 1. The first-order valence-corrected chi connectivity index (χ1v) is 10.6. The van der Waals surface area contributed by atoms with Crippen LogP contribution in [0, 0.1) is 18.8 Å². The van der Waals surface area contributed by atoms with Crippen molar-refractivity contribution in [2.75, 3.05) is 24.6 Å². The molecule has 1 saturated heterocycles. The van der Waals surface area contributed by atoms with E-state index >= 15 is 0 Å². The molecule has 0 spiro atoms. The van der Waals surface area contributed by atoms with Crippen LogP contribution in [0.3, 0.4) is 0 Å². The van der Waals surface area contributed by atoms with E-state index in [0.29, 0.717) is 23.8 Å². The minimum Gasteiger partial charge on any atom is -0.492 e. The van der Waals surface area contributed by atoms with Gasteiger partial charge in [0.1, 0.15) is 10.4 Å².